The fourth-order valence-electron chi connectivity index (χ4n) is 2.48. The zero-order valence-corrected chi connectivity index (χ0v) is 10.4. The molecule has 0 spiro atoms. The zero-order chi connectivity index (χ0) is 12.4. The normalized spacial score (nSPS) is 24.4. The lowest BCUT2D eigenvalue weighted by atomic mass is 9.90. The Morgan fingerprint density at radius 1 is 1.35 bits per heavy atom. The summed E-state index contributed by atoms with van der Waals surface area (Å²) in [6.45, 7) is 5.25. The summed E-state index contributed by atoms with van der Waals surface area (Å²) < 4.78 is 0. The molecule has 2 rings (SSSR count). The molecule has 1 N–H and O–H groups in total. The molecule has 1 aliphatic heterocycles. The van der Waals surface area contributed by atoms with Crippen LogP contribution in [-0.2, 0) is 4.79 Å². The maximum absolute atomic E-state index is 12.0. The van der Waals surface area contributed by atoms with E-state index in [4.69, 9.17) is 5.11 Å². The van der Waals surface area contributed by atoms with Crippen molar-refractivity contribution in [1.82, 2.24) is 4.90 Å². The Morgan fingerprint density at radius 3 is 2.59 bits per heavy atom. The number of aryl methyl sites for hydroxylation is 1. The number of carbonyl (C=O) groups excluding carboxylic acids is 1. The molecule has 3 heteroatoms. The summed E-state index contributed by atoms with van der Waals surface area (Å²) in [6.07, 6.45) is 0. The minimum atomic E-state index is 0.0178. The Balaban J connectivity index is 2.17. The number of aliphatic hydroxyl groups excluding tert-OH is 1. The van der Waals surface area contributed by atoms with E-state index in [0.717, 1.165) is 6.54 Å². The van der Waals surface area contributed by atoms with Gasteiger partial charge in [0.25, 0.3) is 0 Å². The highest BCUT2D eigenvalue weighted by Crippen LogP contribution is 2.33. The molecule has 1 saturated heterocycles. The van der Waals surface area contributed by atoms with Gasteiger partial charge in [-0.05, 0) is 12.5 Å². The van der Waals surface area contributed by atoms with Crippen molar-refractivity contribution in [3.63, 3.8) is 0 Å². The van der Waals surface area contributed by atoms with Gasteiger partial charge in [-0.25, -0.2) is 0 Å². The molecule has 1 aromatic rings. The van der Waals surface area contributed by atoms with Crippen molar-refractivity contribution in [2.45, 2.75) is 19.8 Å². The van der Waals surface area contributed by atoms with E-state index >= 15 is 0 Å². The summed E-state index contributed by atoms with van der Waals surface area (Å²) in [4.78, 5) is 13.7. The first kappa shape index (κ1) is 12.1. The number of nitrogens with zero attached hydrogens (tertiary/aromatic N) is 1. The number of hydrogen-bond donors (Lipinski definition) is 1. The van der Waals surface area contributed by atoms with E-state index in [2.05, 4.69) is 31.2 Å². The predicted octanol–water partition coefficient (Wildman–Crippen LogP) is 1.55. The molecule has 0 unspecified atom stereocenters. The van der Waals surface area contributed by atoms with Gasteiger partial charge in [-0.15, -0.1) is 0 Å². The van der Waals surface area contributed by atoms with Crippen molar-refractivity contribution in [2.24, 2.45) is 5.92 Å². The highest BCUT2D eigenvalue weighted by atomic mass is 16.3. The third-order valence-electron chi connectivity index (χ3n) is 3.60. The third kappa shape index (κ3) is 2.34. The standard InChI is InChI=1S/C14H19NO2/c1-10-3-5-12(6-4-10)13-9-15(7-8-16)14(17)11(13)2/h3-6,11,13,16H,7-9H2,1-2H3/t11-,13-/m1/s1. The fraction of sp³-hybridized carbons (Fsp3) is 0.500. The Labute approximate surface area is 102 Å². The molecule has 92 valence electrons. The van der Waals surface area contributed by atoms with E-state index in [1.54, 1.807) is 4.90 Å². The number of β-amino-alcohol motifs (C(OH)–C–C–N with tert-alkyl or cyclic N) is 1. The molecular weight excluding hydrogens is 214 g/mol. The van der Waals surface area contributed by atoms with Gasteiger partial charge in [-0.1, -0.05) is 36.8 Å². The molecule has 1 amide bonds. The second-order valence-electron chi connectivity index (χ2n) is 4.81. The number of amides is 1. The summed E-state index contributed by atoms with van der Waals surface area (Å²) in [5.74, 6) is 0.434. The lowest BCUT2D eigenvalue weighted by Crippen LogP contribution is -2.29. The smallest absolute Gasteiger partial charge is 0.226 e. The van der Waals surface area contributed by atoms with Crippen LogP contribution in [0.4, 0.5) is 0 Å². The van der Waals surface area contributed by atoms with E-state index in [-0.39, 0.29) is 24.3 Å². The maximum atomic E-state index is 12.0. The summed E-state index contributed by atoms with van der Waals surface area (Å²) >= 11 is 0. The van der Waals surface area contributed by atoms with Crippen molar-refractivity contribution in [3.05, 3.63) is 35.4 Å². The van der Waals surface area contributed by atoms with Gasteiger partial charge in [-0.2, -0.15) is 0 Å². The van der Waals surface area contributed by atoms with E-state index in [0.29, 0.717) is 6.54 Å². The molecule has 0 bridgehead atoms. The monoisotopic (exact) mass is 233 g/mol. The molecule has 1 aliphatic rings. The molecule has 2 atom stereocenters. The van der Waals surface area contributed by atoms with Gasteiger partial charge in [0.05, 0.1) is 6.61 Å². The number of likely N-dealkylation sites (tertiary alicyclic amines) is 1. The van der Waals surface area contributed by atoms with Crippen LogP contribution in [0.1, 0.15) is 24.0 Å². The van der Waals surface area contributed by atoms with Crippen LogP contribution in [0.5, 0.6) is 0 Å². The van der Waals surface area contributed by atoms with Gasteiger partial charge in [0, 0.05) is 24.9 Å². The van der Waals surface area contributed by atoms with Crippen LogP contribution < -0.4 is 0 Å². The highest BCUT2D eigenvalue weighted by Gasteiger charge is 2.37. The van der Waals surface area contributed by atoms with Gasteiger partial charge < -0.3 is 10.0 Å². The first-order valence-electron chi connectivity index (χ1n) is 6.09. The van der Waals surface area contributed by atoms with Crippen LogP contribution in [0.3, 0.4) is 0 Å². The molecular formula is C14H19NO2. The van der Waals surface area contributed by atoms with Gasteiger partial charge >= 0.3 is 0 Å². The lowest BCUT2D eigenvalue weighted by molar-refractivity contribution is -0.131. The van der Waals surface area contributed by atoms with E-state index < -0.39 is 0 Å². The lowest BCUT2D eigenvalue weighted by Gasteiger charge is -2.15. The van der Waals surface area contributed by atoms with Crippen molar-refractivity contribution >= 4 is 5.91 Å². The van der Waals surface area contributed by atoms with Crippen LogP contribution >= 0.6 is 0 Å². The van der Waals surface area contributed by atoms with Gasteiger partial charge in [-0.3, -0.25) is 4.79 Å². The van der Waals surface area contributed by atoms with Crippen molar-refractivity contribution in [3.8, 4) is 0 Å². The molecule has 17 heavy (non-hydrogen) atoms. The highest BCUT2D eigenvalue weighted by molar-refractivity contribution is 5.82. The Morgan fingerprint density at radius 2 is 2.00 bits per heavy atom. The van der Waals surface area contributed by atoms with E-state index in [9.17, 15) is 4.79 Å². The first-order chi connectivity index (χ1) is 8.13. The molecule has 3 nitrogen and oxygen atoms in total. The second-order valence-corrected chi connectivity index (χ2v) is 4.81. The first-order valence-corrected chi connectivity index (χ1v) is 6.09. The number of hydrogen-bond acceptors (Lipinski definition) is 2. The average Bonchev–Trinajstić information content (AvgIpc) is 2.59. The summed E-state index contributed by atoms with van der Waals surface area (Å²) in [6, 6.07) is 8.38. The molecule has 1 fully saturated rings. The van der Waals surface area contributed by atoms with Crippen LogP contribution in [0, 0.1) is 12.8 Å². The second kappa shape index (κ2) is 4.88. The number of benzene rings is 1. The minimum Gasteiger partial charge on any atom is -0.395 e. The molecule has 1 heterocycles. The van der Waals surface area contributed by atoms with Crippen LogP contribution in [-0.4, -0.2) is 35.6 Å². The largest absolute Gasteiger partial charge is 0.395 e. The van der Waals surface area contributed by atoms with Crippen molar-refractivity contribution < 1.29 is 9.90 Å². The Kier molecular flexibility index (Phi) is 3.48. The van der Waals surface area contributed by atoms with E-state index in [1.807, 2.05) is 6.92 Å². The Hall–Kier alpha value is -1.35. The minimum absolute atomic E-state index is 0.0178. The summed E-state index contributed by atoms with van der Waals surface area (Å²) in [5, 5.41) is 8.93. The molecule has 0 aromatic heterocycles. The van der Waals surface area contributed by atoms with E-state index in [1.165, 1.54) is 11.1 Å². The maximum Gasteiger partial charge on any atom is 0.226 e. The number of aliphatic hydroxyl groups is 1. The topological polar surface area (TPSA) is 40.5 Å². The number of carbonyl (C=O) groups is 1. The summed E-state index contributed by atoms with van der Waals surface area (Å²) in [7, 11) is 0. The quantitative estimate of drug-likeness (QED) is 0.860. The van der Waals surface area contributed by atoms with Gasteiger partial charge in [0.1, 0.15) is 0 Å². The van der Waals surface area contributed by atoms with Crippen LogP contribution in [0.25, 0.3) is 0 Å². The summed E-state index contributed by atoms with van der Waals surface area (Å²) in [5.41, 5.74) is 2.45. The van der Waals surface area contributed by atoms with Crippen LogP contribution in [0.2, 0.25) is 0 Å². The third-order valence-corrected chi connectivity index (χ3v) is 3.60. The molecule has 1 aromatic carbocycles. The van der Waals surface area contributed by atoms with Gasteiger partial charge in [0.15, 0.2) is 0 Å². The SMILES string of the molecule is Cc1ccc([C@@H]2CN(CCO)C(=O)[C@@H]2C)cc1. The van der Waals surface area contributed by atoms with Crippen LogP contribution in [0.15, 0.2) is 24.3 Å². The average molecular weight is 233 g/mol. The fourth-order valence-corrected chi connectivity index (χ4v) is 2.48. The molecule has 0 saturated carbocycles. The van der Waals surface area contributed by atoms with Crippen molar-refractivity contribution in [1.29, 1.82) is 0 Å². The predicted molar refractivity (Wildman–Crippen MR) is 66.7 cm³/mol. The van der Waals surface area contributed by atoms with Crippen molar-refractivity contribution in [2.75, 3.05) is 19.7 Å². The Bertz CT molecular complexity index is 399. The van der Waals surface area contributed by atoms with Gasteiger partial charge in [0.2, 0.25) is 5.91 Å². The zero-order valence-electron chi connectivity index (χ0n) is 10.4. The molecule has 0 aliphatic carbocycles. The number of rotatable bonds is 3. The molecule has 0 radical (unpaired) electrons.